The molecule has 0 aliphatic rings. The summed E-state index contributed by atoms with van der Waals surface area (Å²) in [6.45, 7) is 0. The first kappa shape index (κ1) is 16.1. The van der Waals surface area contributed by atoms with Crippen LogP contribution in [0.25, 0.3) is 0 Å². The normalized spacial score (nSPS) is 9.83. The Hall–Kier alpha value is -3.29. The molecule has 2 aromatic carbocycles. The van der Waals surface area contributed by atoms with Gasteiger partial charge in [-0.25, -0.2) is 4.79 Å². The summed E-state index contributed by atoms with van der Waals surface area (Å²) in [5, 5.41) is 15.9. The quantitative estimate of drug-likeness (QED) is 0.651. The third kappa shape index (κ3) is 3.88. The van der Waals surface area contributed by atoms with E-state index >= 15 is 0 Å². The lowest BCUT2D eigenvalue weighted by molar-refractivity contribution is -0.384. The van der Waals surface area contributed by atoms with E-state index in [1.165, 1.54) is 32.4 Å². The molecule has 0 heterocycles. The van der Waals surface area contributed by atoms with Gasteiger partial charge in [0.1, 0.15) is 17.2 Å². The minimum Gasteiger partial charge on any atom is -0.494 e. The molecule has 23 heavy (non-hydrogen) atoms. The number of urea groups is 1. The molecule has 0 saturated carbocycles. The number of amides is 2. The summed E-state index contributed by atoms with van der Waals surface area (Å²) in [5.74, 6) is 0.858. The average molecular weight is 317 g/mol. The van der Waals surface area contributed by atoms with Gasteiger partial charge in [-0.2, -0.15) is 0 Å². The van der Waals surface area contributed by atoms with E-state index < -0.39 is 11.0 Å². The van der Waals surface area contributed by atoms with Crippen molar-refractivity contribution >= 4 is 23.1 Å². The van der Waals surface area contributed by atoms with Crippen molar-refractivity contribution in [3.63, 3.8) is 0 Å². The molecule has 0 spiro atoms. The Balaban J connectivity index is 2.17. The Bertz CT molecular complexity index is 711. The second-order valence-corrected chi connectivity index (χ2v) is 4.42. The number of rotatable bonds is 5. The summed E-state index contributed by atoms with van der Waals surface area (Å²) in [4.78, 5) is 22.3. The first-order chi connectivity index (χ1) is 11.0. The topological polar surface area (TPSA) is 103 Å². The van der Waals surface area contributed by atoms with E-state index in [0.29, 0.717) is 22.9 Å². The maximum Gasteiger partial charge on any atom is 0.323 e. The van der Waals surface area contributed by atoms with E-state index in [1.54, 1.807) is 24.3 Å². The Morgan fingerprint density at radius 3 is 2.22 bits per heavy atom. The van der Waals surface area contributed by atoms with Gasteiger partial charge in [-0.05, 0) is 18.2 Å². The van der Waals surface area contributed by atoms with Crippen molar-refractivity contribution in [1.82, 2.24) is 0 Å². The molecule has 8 heteroatoms. The number of hydrogen-bond donors (Lipinski definition) is 2. The Kier molecular flexibility index (Phi) is 4.98. The highest BCUT2D eigenvalue weighted by atomic mass is 16.6. The lowest BCUT2D eigenvalue weighted by Crippen LogP contribution is -2.20. The van der Waals surface area contributed by atoms with Crippen LogP contribution in [0, 0.1) is 10.1 Å². The molecular weight excluding hydrogens is 302 g/mol. The van der Waals surface area contributed by atoms with Crippen molar-refractivity contribution in [3.8, 4) is 11.5 Å². The predicted octanol–water partition coefficient (Wildman–Crippen LogP) is 3.26. The molecule has 0 aliphatic heterocycles. The third-order valence-corrected chi connectivity index (χ3v) is 2.98. The number of nitrogens with one attached hydrogen (secondary N) is 2. The fourth-order valence-corrected chi connectivity index (χ4v) is 1.95. The van der Waals surface area contributed by atoms with Crippen LogP contribution in [0.1, 0.15) is 0 Å². The van der Waals surface area contributed by atoms with E-state index in [4.69, 9.17) is 9.47 Å². The van der Waals surface area contributed by atoms with Gasteiger partial charge in [0, 0.05) is 17.8 Å². The third-order valence-electron chi connectivity index (χ3n) is 2.98. The molecule has 0 fully saturated rings. The molecule has 0 radical (unpaired) electrons. The number of benzene rings is 2. The van der Waals surface area contributed by atoms with Crippen molar-refractivity contribution in [1.29, 1.82) is 0 Å². The standard InChI is InChI=1S/C15H15N3O5/c1-22-12-7-4-8-13(23-2)14(12)17-15(19)16-10-5-3-6-11(9-10)18(20)21/h3-9H,1-2H3,(H2,16,17,19). The van der Waals surface area contributed by atoms with Gasteiger partial charge >= 0.3 is 6.03 Å². The van der Waals surface area contributed by atoms with Crippen LogP contribution in [0.3, 0.4) is 0 Å². The number of non-ortho nitro benzene ring substituents is 1. The van der Waals surface area contributed by atoms with Crippen LogP contribution in [0.15, 0.2) is 42.5 Å². The Morgan fingerprint density at radius 1 is 1.04 bits per heavy atom. The maximum atomic E-state index is 12.1. The number of ether oxygens (including phenoxy) is 2. The van der Waals surface area contributed by atoms with Crippen LogP contribution < -0.4 is 20.1 Å². The van der Waals surface area contributed by atoms with Crippen LogP contribution in [-0.2, 0) is 0 Å². The van der Waals surface area contributed by atoms with Crippen LogP contribution in [0.5, 0.6) is 11.5 Å². The SMILES string of the molecule is COc1cccc(OC)c1NC(=O)Nc1cccc([N+](=O)[O-])c1. The molecule has 0 unspecified atom stereocenters. The fourth-order valence-electron chi connectivity index (χ4n) is 1.95. The van der Waals surface area contributed by atoms with Gasteiger partial charge in [0.15, 0.2) is 0 Å². The van der Waals surface area contributed by atoms with Crippen molar-refractivity contribution in [2.45, 2.75) is 0 Å². The van der Waals surface area contributed by atoms with Gasteiger partial charge in [-0.15, -0.1) is 0 Å². The largest absolute Gasteiger partial charge is 0.494 e. The van der Waals surface area contributed by atoms with Gasteiger partial charge in [-0.1, -0.05) is 12.1 Å². The summed E-state index contributed by atoms with van der Waals surface area (Å²) in [7, 11) is 2.94. The highest BCUT2D eigenvalue weighted by Crippen LogP contribution is 2.34. The molecule has 2 amide bonds. The van der Waals surface area contributed by atoms with Gasteiger partial charge in [0.25, 0.3) is 5.69 Å². The molecule has 0 saturated heterocycles. The van der Waals surface area contributed by atoms with Gasteiger partial charge in [-0.3, -0.25) is 10.1 Å². The van der Waals surface area contributed by atoms with Gasteiger partial charge < -0.3 is 20.1 Å². The Morgan fingerprint density at radius 2 is 1.65 bits per heavy atom. The summed E-state index contributed by atoms with van der Waals surface area (Å²) >= 11 is 0. The van der Waals surface area contributed by atoms with E-state index in [9.17, 15) is 14.9 Å². The zero-order chi connectivity index (χ0) is 16.8. The van der Waals surface area contributed by atoms with Crippen LogP contribution >= 0.6 is 0 Å². The fraction of sp³-hybridized carbons (Fsp3) is 0.133. The molecular formula is C15H15N3O5. The number of para-hydroxylation sites is 1. The van der Waals surface area contributed by atoms with E-state index in [0.717, 1.165) is 0 Å². The van der Waals surface area contributed by atoms with E-state index in [1.807, 2.05) is 0 Å². The molecule has 0 aromatic heterocycles. The van der Waals surface area contributed by atoms with Gasteiger partial charge in [0.05, 0.1) is 19.1 Å². The predicted molar refractivity (Wildman–Crippen MR) is 85.3 cm³/mol. The minimum atomic E-state index is -0.576. The second kappa shape index (κ2) is 7.12. The van der Waals surface area contributed by atoms with Crippen molar-refractivity contribution in [2.24, 2.45) is 0 Å². The highest BCUT2D eigenvalue weighted by Gasteiger charge is 2.14. The summed E-state index contributed by atoms with van der Waals surface area (Å²) in [6.07, 6.45) is 0. The summed E-state index contributed by atoms with van der Waals surface area (Å²) in [6, 6.07) is 10.1. The zero-order valence-corrected chi connectivity index (χ0v) is 12.5. The lowest BCUT2D eigenvalue weighted by atomic mass is 10.2. The summed E-state index contributed by atoms with van der Waals surface area (Å²) < 4.78 is 10.4. The van der Waals surface area contributed by atoms with E-state index in [-0.39, 0.29) is 5.69 Å². The molecule has 2 rings (SSSR count). The minimum absolute atomic E-state index is 0.113. The first-order valence-electron chi connectivity index (χ1n) is 6.58. The summed E-state index contributed by atoms with van der Waals surface area (Å²) in [5.41, 5.74) is 0.545. The number of nitro benzene ring substituents is 1. The van der Waals surface area contributed by atoms with Crippen LogP contribution in [0.2, 0.25) is 0 Å². The maximum absolute atomic E-state index is 12.1. The number of hydrogen-bond acceptors (Lipinski definition) is 5. The number of anilines is 2. The molecule has 120 valence electrons. The number of nitrogens with zero attached hydrogens (tertiary/aromatic N) is 1. The first-order valence-corrected chi connectivity index (χ1v) is 6.58. The van der Waals surface area contributed by atoms with Gasteiger partial charge in [0.2, 0.25) is 0 Å². The smallest absolute Gasteiger partial charge is 0.323 e. The van der Waals surface area contributed by atoms with Crippen molar-refractivity contribution in [3.05, 3.63) is 52.6 Å². The highest BCUT2D eigenvalue weighted by molar-refractivity contribution is 6.01. The zero-order valence-electron chi connectivity index (χ0n) is 12.5. The van der Waals surface area contributed by atoms with Crippen LogP contribution in [-0.4, -0.2) is 25.2 Å². The Labute approximate surface area is 132 Å². The van der Waals surface area contributed by atoms with Crippen LogP contribution in [0.4, 0.5) is 21.9 Å². The molecule has 8 nitrogen and oxygen atoms in total. The molecule has 2 N–H and O–H groups in total. The van der Waals surface area contributed by atoms with Crippen molar-refractivity contribution < 1.29 is 19.2 Å². The molecule has 2 aromatic rings. The second-order valence-electron chi connectivity index (χ2n) is 4.42. The number of methoxy groups -OCH3 is 2. The molecule has 0 bridgehead atoms. The molecule has 0 aliphatic carbocycles. The van der Waals surface area contributed by atoms with Crippen molar-refractivity contribution in [2.75, 3.05) is 24.9 Å². The van der Waals surface area contributed by atoms with E-state index in [2.05, 4.69) is 10.6 Å². The number of carbonyl (C=O) groups excluding carboxylic acids is 1. The lowest BCUT2D eigenvalue weighted by Gasteiger charge is -2.14. The average Bonchev–Trinajstić information content (AvgIpc) is 2.55. The monoisotopic (exact) mass is 317 g/mol. The number of carbonyl (C=O) groups is 1. The number of nitro groups is 1. The molecule has 0 atom stereocenters.